The quantitative estimate of drug-likeness (QED) is 0.0103. The second kappa shape index (κ2) is 54.9. The van der Waals surface area contributed by atoms with Crippen molar-refractivity contribution in [1.82, 2.24) is 74.2 Å². The smallest absolute Gasteiger partial charge is 0.359 e. The van der Waals surface area contributed by atoms with Crippen LogP contribution in [0.2, 0.25) is 15.5 Å². The highest BCUT2D eigenvalue weighted by molar-refractivity contribution is 6.62. The number of nitrogens with zero attached hydrogens (tertiary/aromatic N) is 17. The van der Waals surface area contributed by atoms with Gasteiger partial charge in [0.05, 0.1) is 73.2 Å². The predicted molar refractivity (Wildman–Crippen MR) is 505 cm³/mol. The number of hydrogen-bond acceptors (Lipinski definition) is 29. The molecule has 0 unspecified atom stereocenters. The summed E-state index contributed by atoms with van der Waals surface area (Å²) < 4.78 is 131. The minimum atomic E-state index is -2.61. The van der Waals surface area contributed by atoms with Gasteiger partial charge in [-0.25, -0.2) is 93.2 Å². The zero-order valence-corrected chi connectivity index (χ0v) is 82.0. The molecule has 34 nitrogen and oxygen atoms in total. The number of pyridine rings is 5. The Labute approximate surface area is 823 Å². The van der Waals surface area contributed by atoms with E-state index in [1.54, 1.807) is 101 Å². The SMILES string of the molecule is CC(=O)CCc1cc(NC2CCC(F)(F)CC2)nc(-n2cc(C)c(COC(C)=O)n2)c1.CC(=O)Cl.CCOC(=O)c1[nH]ncc1C.CCOC(=O)c1nn(-c2cc(C#N)cc(Cl)n2)cc1C.CCOC(=O)c1nn(-c2cc(C#N)cc(NC3CCC(F)(F)CC3)n2)cc1C.Cc1cn(-c2cc(CN)cc(NC3CCC(F)(F)CC3)n2)nc1CO.Cl.N#Cc1cc(Cl)nc(Cl)c1.NC1CCC(F)(F)CC1. The normalized spacial score (nSPS) is 15.0. The average molecular weight is 2040 g/mol. The molecule has 750 valence electrons. The first kappa shape index (κ1) is 115. The van der Waals surface area contributed by atoms with Crippen LogP contribution in [-0.2, 0) is 59.5 Å². The van der Waals surface area contributed by atoms with Gasteiger partial charge in [-0.3, -0.25) is 14.7 Å². The molecule has 9 N–H and O–H groups in total. The summed E-state index contributed by atoms with van der Waals surface area (Å²) in [7, 11) is 0. The van der Waals surface area contributed by atoms with Crippen molar-refractivity contribution in [3.05, 3.63) is 191 Å². The van der Waals surface area contributed by atoms with Crippen molar-refractivity contribution in [2.45, 2.75) is 259 Å². The van der Waals surface area contributed by atoms with Gasteiger partial charge in [0.1, 0.15) is 56.7 Å². The van der Waals surface area contributed by atoms with Crippen LogP contribution in [-0.4, -0.2) is 182 Å². The van der Waals surface area contributed by atoms with Crippen molar-refractivity contribution in [2.24, 2.45) is 11.5 Å². The first-order valence-electron chi connectivity index (χ1n) is 43.8. The third-order valence-corrected chi connectivity index (χ3v) is 21.6. The number of esters is 4. The minimum Gasteiger partial charge on any atom is -0.461 e. The van der Waals surface area contributed by atoms with Gasteiger partial charge < -0.3 is 56.3 Å². The van der Waals surface area contributed by atoms with E-state index in [-0.39, 0.29) is 164 Å². The number of alkyl halides is 8. The number of aromatic amines is 1. The molecule has 0 spiro atoms. The van der Waals surface area contributed by atoms with Crippen LogP contribution in [0, 0.1) is 68.6 Å². The van der Waals surface area contributed by atoms with E-state index < -0.39 is 35.6 Å². The van der Waals surface area contributed by atoms with Gasteiger partial charge >= 0.3 is 23.9 Å². The van der Waals surface area contributed by atoms with Gasteiger partial charge in [0.2, 0.25) is 28.9 Å². The topological polar surface area (TPSA) is 483 Å². The molecule has 4 fully saturated rings. The Morgan fingerprint density at radius 1 is 0.482 bits per heavy atom. The maximum Gasteiger partial charge on any atom is 0.359 e. The molecule has 0 atom stereocenters. The number of Topliss-reactive ketones (excluding diaryl/α,β-unsaturated/α-hetero) is 1. The number of anilines is 3. The molecule has 10 heterocycles. The fourth-order valence-electron chi connectivity index (χ4n) is 13.7. The van der Waals surface area contributed by atoms with Crippen LogP contribution in [0.3, 0.4) is 0 Å². The van der Waals surface area contributed by atoms with E-state index in [0.717, 1.165) is 27.8 Å². The number of ether oxygens (including phenoxy) is 4. The molecule has 139 heavy (non-hydrogen) atoms. The molecule has 10 aromatic heterocycles. The number of halogens is 13. The highest BCUT2D eigenvalue weighted by Gasteiger charge is 2.38. The van der Waals surface area contributed by atoms with Crippen LogP contribution >= 0.6 is 58.8 Å². The predicted octanol–water partition coefficient (Wildman–Crippen LogP) is 18.4. The summed E-state index contributed by atoms with van der Waals surface area (Å²) >= 11 is 21.4. The van der Waals surface area contributed by atoms with E-state index in [1.807, 2.05) is 50.3 Å². The summed E-state index contributed by atoms with van der Waals surface area (Å²) in [6.07, 6.45) is 11.7. The maximum atomic E-state index is 13.5. The average Bonchev–Trinajstić information content (AvgIpc) is 1.73. The summed E-state index contributed by atoms with van der Waals surface area (Å²) in [5.41, 5.74) is 19.9. The van der Waals surface area contributed by atoms with E-state index in [4.69, 9.17) is 75.7 Å². The van der Waals surface area contributed by atoms with E-state index >= 15 is 0 Å². The highest BCUT2D eigenvalue weighted by Crippen LogP contribution is 2.38. The monoisotopic (exact) mass is 2040 g/mol. The van der Waals surface area contributed by atoms with Crippen LogP contribution in [0.5, 0.6) is 0 Å². The first-order valence-corrected chi connectivity index (χ1v) is 45.4. The fourth-order valence-corrected chi connectivity index (χ4v) is 14.4. The molecule has 4 aliphatic carbocycles. The second-order valence-corrected chi connectivity index (χ2v) is 34.1. The lowest BCUT2D eigenvalue weighted by atomic mass is 9.92. The number of aromatic nitrogens is 15. The molecule has 0 saturated heterocycles. The number of carbonyl (C=O) groups is 6. The Morgan fingerprint density at radius 3 is 1.20 bits per heavy atom. The molecule has 10 aromatic rings. The number of aryl methyl sites for hydroxylation is 6. The molecule has 0 amide bonds. The lowest BCUT2D eigenvalue weighted by Crippen LogP contribution is -2.32. The summed E-state index contributed by atoms with van der Waals surface area (Å²) in [5.74, 6) is -8.42. The van der Waals surface area contributed by atoms with Crippen molar-refractivity contribution in [1.29, 1.82) is 15.8 Å². The Bertz CT molecular complexity index is 5880. The Kier molecular flexibility index (Phi) is 45.5. The van der Waals surface area contributed by atoms with Crippen molar-refractivity contribution >= 4 is 111 Å². The second-order valence-electron chi connectivity index (χ2n) is 32.4. The van der Waals surface area contributed by atoms with Crippen LogP contribution in [0.4, 0.5) is 52.6 Å². The summed E-state index contributed by atoms with van der Waals surface area (Å²) in [4.78, 5) is 87.8. The number of aliphatic hydroxyl groups excluding tert-OH is 1. The highest BCUT2D eigenvalue weighted by atomic mass is 35.5. The molecular weight excluding hydrogens is 1930 g/mol. The van der Waals surface area contributed by atoms with Crippen molar-refractivity contribution in [3.63, 3.8) is 0 Å². The minimum absolute atomic E-state index is 0. The molecule has 4 aliphatic rings. The van der Waals surface area contributed by atoms with Crippen LogP contribution in [0.1, 0.15) is 249 Å². The molecule has 0 bridgehead atoms. The van der Waals surface area contributed by atoms with Crippen LogP contribution in [0.15, 0.2) is 91.6 Å². The Balaban J connectivity index is 0.000000256. The third-order valence-electron chi connectivity index (χ3n) is 21.0. The van der Waals surface area contributed by atoms with Gasteiger partial charge in [0, 0.05) is 156 Å². The van der Waals surface area contributed by atoms with Crippen molar-refractivity contribution in [2.75, 3.05) is 35.8 Å². The van der Waals surface area contributed by atoms with Gasteiger partial charge in [-0.05, 0) is 202 Å². The molecule has 0 radical (unpaired) electrons. The zero-order valence-electron chi connectivity index (χ0n) is 78.2. The third kappa shape index (κ3) is 38.8. The number of aliphatic hydroxyl groups is 1. The Morgan fingerprint density at radius 2 is 0.827 bits per heavy atom. The van der Waals surface area contributed by atoms with Gasteiger partial charge in [0.25, 0.3) is 0 Å². The largest absolute Gasteiger partial charge is 0.461 e. The fraction of sp³-hybridized carbons (Fsp3) is 0.467. The molecule has 0 aliphatic heterocycles. The van der Waals surface area contributed by atoms with E-state index in [2.05, 4.69) is 89.1 Å². The number of nitrogens with two attached hydrogens (primary N) is 2. The molecular formula is C92H110Cl5F8N23O11. The number of nitriles is 3. The molecule has 47 heteroatoms. The number of ketones is 1. The van der Waals surface area contributed by atoms with Crippen LogP contribution in [0.25, 0.3) is 23.3 Å². The van der Waals surface area contributed by atoms with E-state index in [9.17, 15) is 74.3 Å². The van der Waals surface area contributed by atoms with Crippen molar-refractivity contribution < 1.29 is 87.9 Å². The first-order chi connectivity index (χ1) is 65.2. The number of rotatable bonds is 23. The number of H-pyrrole nitrogens is 1. The maximum absolute atomic E-state index is 13.5. The molecule has 0 aromatic carbocycles. The zero-order chi connectivity index (χ0) is 102. The molecule has 14 rings (SSSR count). The van der Waals surface area contributed by atoms with Crippen molar-refractivity contribution in [3.8, 4) is 41.5 Å². The number of nitrogens with one attached hydrogen (secondary N) is 4. The summed E-state index contributed by atoms with van der Waals surface area (Å²) in [6.45, 7) is 19.5. The molecule has 4 saturated carbocycles. The van der Waals surface area contributed by atoms with E-state index in [1.165, 1.54) is 47.5 Å². The van der Waals surface area contributed by atoms with Crippen LogP contribution < -0.4 is 27.4 Å². The standard InChI is InChI=1S/C22H28F2N4O3.C19H21F2N5O2.C17H23F2N5O.C13H11ClN4O2.C7H10N2O2.C6H2Cl2N2.C6H11F2N.C2H3ClO.ClH/c1-14-12-28(27-19(14)13-31-16(3)30)21-11-17(5-4-15(2)29)10-20(26-21)25-18-6-8-22(23,24)9-7-18;1-3-28-18(27)17-12(2)11-26(25-17)16-9-13(10-22)8-15(24-16)23-14-4-6-19(20,21)7-5-14;1-11-9-24(23-14(11)10-25)16-7-12(8-20)6-15(22-16)21-13-2-4-17(18,19)5-3-13;1-3-20-13(19)12-8(2)7-18(17-12)11-5-9(6-15)4-10(14)16-11;1-3-11-7(10)6-5(2)4-8-9-6;7-5-1-4(3-9)2-6(8)10-5;7-6(8)3-1-5(9)2-4-6;1-2(3)4;/h10-12,18H,4-9,13H2,1-3H3,(H,25,26);8-9,11,14H,3-7H2,1-2H3,(H,23,24);6-7,9,13,25H,2-5,8,10,20H2,1H3,(H,21,22);4-5,7H,3H2,1-2H3;4H,3H2,1-2H3,(H,8,9);1-2H;5H,1-4,9H2;1H3;1H. The lowest BCUT2D eigenvalue weighted by Gasteiger charge is -2.29. The summed E-state index contributed by atoms with van der Waals surface area (Å²) in [6, 6.07) is 22.1. The van der Waals surface area contributed by atoms with E-state index in [0.29, 0.717) is 163 Å². The van der Waals surface area contributed by atoms with Gasteiger partial charge in [-0.1, -0.05) is 34.8 Å². The summed E-state index contributed by atoms with van der Waals surface area (Å²) in [5, 5.41) is 69.3. The number of carbonyl (C=O) groups excluding carboxylic acids is 6. The lowest BCUT2D eigenvalue weighted by molar-refractivity contribution is -0.142. The van der Waals surface area contributed by atoms with Gasteiger partial charge in [0.15, 0.2) is 34.7 Å². The Hall–Kier alpha value is -12.3. The van der Waals surface area contributed by atoms with Gasteiger partial charge in [-0.15, -0.1) is 12.4 Å². The van der Waals surface area contributed by atoms with Gasteiger partial charge in [-0.2, -0.15) is 41.3 Å². The number of hydrogen-bond donors (Lipinski definition) is 7.